The van der Waals surface area contributed by atoms with Gasteiger partial charge >= 0.3 is 0 Å². The third kappa shape index (κ3) is 3.10. The highest BCUT2D eigenvalue weighted by Gasteiger charge is 2.32. The summed E-state index contributed by atoms with van der Waals surface area (Å²) in [6.07, 6.45) is 3.46. The van der Waals surface area contributed by atoms with E-state index in [0.29, 0.717) is 12.6 Å². The first-order valence-electron chi connectivity index (χ1n) is 7.70. The van der Waals surface area contributed by atoms with Crippen LogP contribution < -0.4 is 10.2 Å². The highest BCUT2D eigenvalue weighted by atomic mass is 32.2. The molecule has 1 N–H and O–H groups in total. The van der Waals surface area contributed by atoms with Gasteiger partial charge < -0.3 is 10.2 Å². The van der Waals surface area contributed by atoms with Gasteiger partial charge in [-0.25, -0.2) is 13.4 Å². The lowest BCUT2D eigenvalue weighted by molar-refractivity contribution is 0.465. The van der Waals surface area contributed by atoms with Crippen molar-refractivity contribution in [3.05, 3.63) is 10.6 Å². The minimum Gasteiger partial charge on any atom is -0.343 e. The van der Waals surface area contributed by atoms with Crippen molar-refractivity contribution >= 4 is 26.3 Å². The average molecular weight is 329 g/mol. The van der Waals surface area contributed by atoms with E-state index in [1.165, 1.54) is 17.0 Å². The first-order valence-corrected chi connectivity index (χ1v) is 10.3. The number of nitrogens with one attached hydrogen (secondary N) is 1. The van der Waals surface area contributed by atoms with Crippen molar-refractivity contribution in [2.24, 2.45) is 0 Å². The smallest absolute Gasteiger partial charge is 0.186 e. The monoisotopic (exact) mass is 329 g/mol. The molecule has 21 heavy (non-hydrogen) atoms. The number of sulfone groups is 1. The summed E-state index contributed by atoms with van der Waals surface area (Å²) in [6.45, 7) is 5.63. The predicted octanol–water partition coefficient (Wildman–Crippen LogP) is 1.75. The molecule has 2 heterocycles. The molecule has 0 amide bonds. The van der Waals surface area contributed by atoms with Crippen LogP contribution in [0.25, 0.3) is 0 Å². The van der Waals surface area contributed by atoms with Gasteiger partial charge in [0.15, 0.2) is 15.0 Å². The van der Waals surface area contributed by atoms with Crippen molar-refractivity contribution in [3.63, 3.8) is 0 Å². The van der Waals surface area contributed by atoms with Crippen molar-refractivity contribution in [2.75, 3.05) is 29.5 Å². The van der Waals surface area contributed by atoms with E-state index in [9.17, 15) is 8.42 Å². The molecular weight excluding hydrogens is 306 g/mol. The van der Waals surface area contributed by atoms with Crippen LogP contribution >= 0.6 is 11.3 Å². The minimum atomic E-state index is -2.87. The summed E-state index contributed by atoms with van der Waals surface area (Å²) in [5.41, 5.74) is 1.20. The molecule has 0 radical (unpaired) electrons. The predicted molar refractivity (Wildman–Crippen MR) is 86.9 cm³/mol. The summed E-state index contributed by atoms with van der Waals surface area (Å²) >= 11 is 1.76. The number of fused-ring (bicyclic) bond motifs is 1. The van der Waals surface area contributed by atoms with Crippen LogP contribution in [0.1, 0.15) is 43.3 Å². The number of aryl methyl sites for hydroxylation is 1. The Morgan fingerprint density at radius 1 is 1.48 bits per heavy atom. The van der Waals surface area contributed by atoms with Crippen LogP contribution in [-0.2, 0) is 16.3 Å². The van der Waals surface area contributed by atoms with Crippen LogP contribution in [0.5, 0.6) is 0 Å². The molecule has 0 saturated carbocycles. The number of anilines is 1. The Balaban J connectivity index is 1.84. The Hall–Kier alpha value is -0.660. The fourth-order valence-electron chi connectivity index (χ4n) is 3.26. The molecule has 0 spiro atoms. The van der Waals surface area contributed by atoms with Crippen molar-refractivity contribution in [3.8, 4) is 0 Å². The van der Waals surface area contributed by atoms with E-state index in [4.69, 9.17) is 4.98 Å². The highest BCUT2D eigenvalue weighted by molar-refractivity contribution is 7.91. The zero-order valence-corrected chi connectivity index (χ0v) is 14.3. The topological polar surface area (TPSA) is 62.3 Å². The van der Waals surface area contributed by atoms with Crippen LogP contribution in [0.2, 0.25) is 0 Å². The zero-order valence-electron chi connectivity index (χ0n) is 12.6. The quantitative estimate of drug-likeness (QED) is 0.915. The maximum Gasteiger partial charge on any atom is 0.186 e. The zero-order chi connectivity index (χ0) is 15.0. The van der Waals surface area contributed by atoms with Gasteiger partial charge in [0.1, 0.15) is 0 Å². The van der Waals surface area contributed by atoms with Gasteiger partial charge in [-0.2, -0.15) is 0 Å². The Morgan fingerprint density at radius 3 is 3.00 bits per heavy atom. The summed E-state index contributed by atoms with van der Waals surface area (Å²) in [5.74, 6) is 0.492. The molecule has 5 nitrogen and oxygen atoms in total. The highest BCUT2D eigenvalue weighted by Crippen LogP contribution is 2.37. The largest absolute Gasteiger partial charge is 0.343 e. The maximum absolute atomic E-state index is 11.7. The summed E-state index contributed by atoms with van der Waals surface area (Å²) in [4.78, 5) is 8.41. The standard InChI is InChI=1S/C14H23N3O2S2/c1-3-15-11-5-4-6-12-13(11)16-14(20-12)17-7-8-21(18,19)9-10(17)2/h10-11,15H,3-9H2,1-2H3. The molecule has 7 heteroatoms. The Bertz CT molecular complexity index is 612. The van der Waals surface area contributed by atoms with Crippen LogP contribution in [0.4, 0.5) is 5.13 Å². The normalized spacial score (nSPS) is 28.4. The van der Waals surface area contributed by atoms with Crippen LogP contribution in [0, 0.1) is 0 Å². The third-order valence-corrected chi connectivity index (χ3v) is 7.27. The summed E-state index contributed by atoms with van der Waals surface area (Å²) in [6, 6.07) is 0.390. The van der Waals surface area contributed by atoms with Gasteiger partial charge in [-0.05, 0) is 32.7 Å². The molecule has 2 unspecified atom stereocenters. The van der Waals surface area contributed by atoms with Crippen molar-refractivity contribution in [1.29, 1.82) is 0 Å². The second-order valence-electron chi connectivity index (χ2n) is 5.96. The van der Waals surface area contributed by atoms with E-state index in [1.54, 1.807) is 11.3 Å². The maximum atomic E-state index is 11.7. The van der Waals surface area contributed by atoms with E-state index < -0.39 is 9.84 Å². The van der Waals surface area contributed by atoms with Crippen molar-refractivity contribution in [2.45, 2.75) is 45.2 Å². The van der Waals surface area contributed by atoms with E-state index >= 15 is 0 Å². The average Bonchev–Trinajstić information content (AvgIpc) is 2.82. The van der Waals surface area contributed by atoms with E-state index in [0.717, 1.165) is 24.5 Å². The minimum absolute atomic E-state index is 0.0222. The summed E-state index contributed by atoms with van der Waals surface area (Å²) < 4.78 is 23.4. The first kappa shape index (κ1) is 15.2. The lowest BCUT2D eigenvalue weighted by atomic mass is 9.98. The Labute approximate surface area is 130 Å². The van der Waals surface area contributed by atoms with Gasteiger partial charge in [-0.3, -0.25) is 0 Å². The molecule has 3 rings (SSSR count). The van der Waals surface area contributed by atoms with Crippen molar-refractivity contribution in [1.82, 2.24) is 10.3 Å². The molecule has 118 valence electrons. The summed E-state index contributed by atoms with van der Waals surface area (Å²) in [7, 11) is -2.87. The number of hydrogen-bond acceptors (Lipinski definition) is 6. The van der Waals surface area contributed by atoms with E-state index in [-0.39, 0.29) is 17.5 Å². The van der Waals surface area contributed by atoms with Gasteiger partial charge in [0, 0.05) is 17.5 Å². The fraction of sp³-hybridized carbons (Fsp3) is 0.786. The number of rotatable bonds is 3. The summed E-state index contributed by atoms with van der Waals surface area (Å²) in [5, 5.41) is 4.52. The molecule has 1 aromatic rings. The molecular formula is C14H23N3O2S2. The molecule has 1 aliphatic carbocycles. The fourth-order valence-corrected chi connectivity index (χ4v) is 6.10. The SMILES string of the molecule is CCNC1CCCc2sc(N3CCS(=O)(=O)CC3C)nc21. The van der Waals surface area contributed by atoms with Gasteiger partial charge in [0.05, 0.1) is 23.2 Å². The van der Waals surface area contributed by atoms with Crippen LogP contribution in [-0.4, -0.2) is 44.0 Å². The van der Waals surface area contributed by atoms with Gasteiger partial charge in [-0.15, -0.1) is 11.3 Å². The molecule has 1 aromatic heterocycles. The molecule has 2 atom stereocenters. The van der Waals surface area contributed by atoms with Crippen LogP contribution in [0.3, 0.4) is 0 Å². The molecule has 1 fully saturated rings. The number of aromatic nitrogens is 1. The molecule has 0 bridgehead atoms. The van der Waals surface area contributed by atoms with Gasteiger partial charge in [0.2, 0.25) is 0 Å². The lowest BCUT2D eigenvalue weighted by Gasteiger charge is -2.32. The Morgan fingerprint density at radius 2 is 2.29 bits per heavy atom. The second kappa shape index (κ2) is 5.85. The third-order valence-electron chi connectivity index (χ3n) is 4.31. The molecule has 0 aromatic carbocycles. The molecule has 1 saturated heterocycles. The molecule has 2 aliphatic rings. The first-order chi connectivity index (χ1) is 10.00. The van der Waals surface area contributed by atoms with E-state index in [1.807, 2.05) is 6.92 Å². The van der Waals surface area contributed by atoms with Crippen LogP contribution in [0.15, 0.2) is 0 Å². The molecule has 1 aliphatic heterocycles. The number of hydrogen-bond donors (Lipinski definition) is 1. The lowest BCUT2D eigenvalue weighted by Crippen LogP contribution is -2.47. The van der Waals surface area contributed by atoms with Crippen molar-refractivity contribution < 1.29 is 8.42 Å². The van der Waals surface area contributed by atoms with Gasteiger partial charge in [-0.1, -0.05) is 6.92 Å². The second-order valence-corrected chi connectivity index (χ2v) is 9.25. The number of nitrogens with zero attached hydrogens (tertiary/aromatic N) is 2. The van der Waals surface area contributed by atoms with Gasteiger partial charge in [0.25, 0.3) is 0 Å². The Kier molecular flexibility index (Phi) is 4.25. The van der Waals surface area contributed by atoms with E-state index in [2.05, 4.69) is 17.1 Å². The number of thiazole rings is 1.